The predicted molar refractivity (Wildman–Crippen MR) is 48.2 cm³/mol. The maximum absolute atomic E-state index is 11.0. The maximum atomic E-state index is 11.0. The van der Waals surface area contributed by atoms with Gasteiger partial charge >= 0.3 is 0 Å². The van der Waals surface area contributed by atoms with Gasteiger partial charge in [0.15, 0.2) is 0 Å². The molecule has 1 heterocycles. The van der Waals surface area contributed by atoms with E-state index in [0.29, 0.717) is 0 Å². The van der Waals surface area contributed by atoms with E-state index in [1.165, 1.54) is 6.07 Å². The van der Waals surface area contributed by atoms with Crippen molar-refractivity contribution in [2.24, 2.45) is 0 Å². The van der Waals surface area contributed by atoms with Gasteiger partial charge in [-0.3, -0.25) is 4.79 Å². The van der Waals surface area contributed by atoms with Crippen molar-refractivity contribution in [1.29, 1.82) is 0 Å². The number of rotatable bonds is 3. The Hall–Kier alpha value is -1.12. The molecule has 0 saturated carbocycles. The van der Waals surface area contributed by atoms with Gasteiger partial charge in [-0.1, -0.05) is 13.3 Å². The van der Waals surface area contributed by atoms with E-state index in [4.69, 9.17) is 0 Å². The number of nitrogens with zero attached hydrogens (tertiary/aromatic N) is 1. The Morgan fingerprint density at radius 3 is 2.92 bits per heavy atom. The van der Waals surface area contributed by atoms with E-state index in [1.54, 1.807) is 0 Å². The smallest absolute Gasteiger partial charge is 0.251 e. The van der Waals surface area contributed by atoms with Gasteiger partial charge in [0.2, 0.25) is 0 Å². The van der Waals surface area contributed by atoms with Crippen molar-refractivity contribution >= 4 is 0 Å². The second-order valence-electron chi connectivity index (χ2n) is 2.94. The highest BCUT2D eigenvalue weighted by Crippen LogP contribution is 1.97. The Bertz CT molecular complexity index is 304. The van der Waals surface area contributed by atoms with Gasteiger partial charge in [0.05, 0.1) is 0 Å². The number of unbranched alkanes of at least 4 members (excludes halogenated alkanes) is 1. The molecular weight excluding hydrogens is 152 g/mol. The van der Waals surface area contributed by atoms with E-state index in [9.17, 15) is 4.79 Å². The lowest BCUT2D eigenvalue weighted by Gasteiger charge is -1.98. The summed E-state index contributed by atoms with van der Waals surface area (Å²) in [5.41, 5.74) is 0.749. The molecule has 0 saturated heterocycles. The SMILES string of the molecule is CCCCc1nc(C)cc(=O)[nH]1. The van der Waals surface area contributed by atoms with Gasteiger partial charge in [-0.2, -0.15) is 0 Å². The first-order valence-corrected chi connectivity index (χ1v) is 4.29. The minimum Gasteiger partial charge on any atom is -0.311 e. The minimum absolute atomic E-state index is 0.0476. The van der Waals surface area contributed by atoms with Gasteiger partial charge < -0.3 is 4.98 Å². The van der Waals surface area contributed by atoms with E-state index in [0.717, 1.165) is 30.8 Å². The second kappa shape index (κ2) is 4.04. The summed E-state index contributed by atoms with van der Waals surface area (Å²) in [6.07, 6.45) is 3.07. The number of aromatic amines is 1. The molecule has 3 nitrogen and oxygen atoms in total. The summed E-state index contributed by atoms with van der Waals surface area (Å²) in [7, 11) is 0. The molecule has 3 heteroatoms. The number of aryl methyl sites for hydroxylation is 2. The van der Waals surface area contributed by atoms with Crippen LogP contribution in [0.15, 0.2) is 10.9 Å². The standard InChI is InChI=1S/C9H14N2O/c1-3-4-5-8-10-7(2)6-9(12)11-8/h6H,3-5H2,1-2H3,(H,10,11,12). The van der Waals surface area contributed by atoms with Crippen LogP contribution in [-0.2, 0) is 6.42 Å². The van der Waals surface area contributed by atoms with Crippen LogP contribution in [0.4, 0.5) is 0 Å². The Morgan fingerprint density at radius 2 is 2.33 bits per heavy atom. The van der Waals surface area contributed by atoms with Crippen LogP contribution >= 0.6 is 0 Å². The fourth-order valence-electron chi connectivity index (χ4n) is 1.10. The molecule has 1 rings (SSSR count). The van der Waals surface area contributed by atoms with Crippen LogP contribution in [0.25, 0.3) is 0 Å². The first-order chi connectivity index (χ1) is 5.72. The van der Waals surface area contributed by atoms with E-state index in [1.807, 2.05) is 6.92 Å². The third kappa shape index (κ3) is 2.49. The minimum atomic E-state index is -0.0476. The van der Waals surface area contributed by atoms with Crippen LogP contribution in [-0.4, -0.2) is 9.97 Å². The largest absolute Gasteiger partial charge is 0.311 e. The van der Waals surface area contributed by atoms with Crippen molar-refractivity contribution in [3.63, 3.8) is 0 Å². The summed E-state index contributed by atoms with van der Waals surface area (Å²) in [4.78, 5) is 17.9. The zero-order valence-corrected chi connectivity index (χ0v) is 7.55. The normalized spacial score (nSPS) is 10.2. The number of aromatic nitrogens is 2. The first kappa shape index (κ1) is 8.97. The molecule has 12 heavy (non-hydrogen) atoms. The van der Waals surface area contributed by atoms with E-state index >= 15 is 0 Å². The molecule has 0 aliphatic rings. The molecule has 0 spiro atoms. The molecule has 1 N–H and O–H groups in total. The van der Waals surface area contributed by atoms with Crippen LogP contribution in [0.5, 0.6) is 0 Å². The number of hydrogen-bond acceptors (Lipinski definition) is 2. The molecule has 0 aromatic carbocycles. The molecule has 0 unspecified atom stereocenters. The van der Waals surface area contributed by atoms with E-state index < -0.39 is 0 Å². The van der Waals surface area contributed by atoms with Gasteiger partial charge in [0.1, 0.15) is 5.82 Å². The average molecular weight is 166 g/mol. The molecule has 1 aromatic heterocycles. The predicted octanol–water partition coefficient (Wildman–Crippen LogP) is 1.42. The Balaban J connectivity index is 2.79. The lowest BCUT2D eigenvalue weighted by molar-refractivity contribution is 0.743. The third-order valence-corrected chi connectivity index (χ3v) is 1.69. The molecule has 0 amide bonds. The molecule has 0 fully saturated rings. The van der Waals surface area contributed by atoms with Crippen molar-refractivity contribution in [3.8, 4) is 0 Å². The highest BCUT2D eigenvalue weighted by Gasteiger charge is 1.96. The molecule has 1 aromatic rings. The van der Waals surface area contributed by atoms with Crippen molar-refractivity contribution in [3.05, 3.63) is 27.9 Å². The quantitative estimate of drug-likeness (QED) is 0.738. The fraction of sp³-hybridized carbons (Fsp3) is 0.556. The molecule has 0 bridgehead atoms. The van der Waals surface area contributed by atoms with Crippen LogP contribution in [0, 0.1) is 6.92 Å². The average Bonchev–Trinajstić information content (AvgIpc) is 1.99. The van der Waals surface area contributed by atoms with Crippen LogP contribution < -0.4 is 5.56 Å². The zero-order chi connectivity index (χ0) is 8.97. The monoisotopic (exact) mass is 166 g/mol. The molecule has 0 aliphatic heterocycles. The van der Waals surface area contributed by atoms with Crippen molar-refractivity contribution in [2.45, 2.75) is 33.1 Å². The van der Waals surface area contributed by atoms with Gasteiger partial charge in [-0.05, 0) is 13.3 Å². The lowest BCUT2D eigenvalue weighted by atomic mass is 10.2. The summed E-state index contributed by atoms with van der Waals surface area (Å²) >= 11 is 0. The second-order valence-corrected chi connectivity index (χ2v) is 2.94. The van der Waals surface area contributed by atoms with Crippen LogP contribution in [0.3, 0.4) is 0 Å². The molecule has 0 aliphatic carbocycles. The lowest BCUT2D eigenvalue weighted by Crippen LogP contribution is -2.11. The van der Waals surface area contributed by atoms with E-state index in [2.05, 4.69) is 16.9 Å². The summed E-state index contributed by atoms with van der Waals surface area (Å²) < 4.78 is 0. The van der Waals surface area contributed by atoms with Crippen molar-refractivity contribution < 1.29 is 0 Å². The van der Waals surface area contributed by atoms with Gasteiger partial charge in [0, 0.05) is 18.2 Å². The third-order valence-electron chi connectivity index (χ3n) is 1.69. The van der Waals surface area contributed by atoms with Gasteiger partial charge in [-0.25, -0.2) is 4.98 Å². The summed E-state index contributed by atoms with van der Waals surface area (Å²) in [5.74, 6) is 0.807. The van der Waals surface area contributed by atoms with Gasteiger partial charge in [0.25, 0.3) is 5.56 Å². The van der Waals surface area contributed by atoms with Crippen LogP contribution in [0.2, 0.25) is 0 Å². The van der Waals surface area contributed by atoms with Crippen molar-refractivity contribution in [2.75, 3.05) is 0 Å². The Labute approximate surface area is 71.9 Å². The summed E-state index contributed by atoms with van der Waals surface area (Å²) in [5, 5.41) is 0. The Morgan fingerprint density at radius 1 is 1.58 bits per heavy atom. The summed E-state index contributed by atoms with van der Waals surface area (Å²) in [6, 6.07) is 1.51. The molecule has 66 valence electrons. The number of H-pyrrole nitrogens is 1. The Kier molecular flexibility index (Phi) is 3.02. The van der Waals surface area contributed by atoms with Crippen molar-refractivity contribution in [1.82, 2.24) is 9.97 Å². The fourth-order valence-corrected chi connectivity index (χ4v) is 1.10. The van der Waals surface area contributed by atoms with Crippen LogP contribution in [0.1, 0.15) is 31.3 Å². The summed E-state index contributed by atoms with van der Waals surface area (Å²) in [6.45, 7) is 3.96. The van der Waals surface area contributed by atoms with E-state index in [-0.39, 0.29) is 5.56 Å². The van der Waals surface area contributed by atoms with Gasteiger partial charge in [-0.15, -0.1) is 0 Å². The molecule has 0 atom stereocenters. The maximum Gasteiger partial charge on any atom is 0.251 e. The topological polar surface area (TPSA) is 45.8 Å². The number of nitrogens with one attached hydrogen (secondary N) is 1. The highest BCUT2D eigenvalue weighted by molar-refractivity contribution is 5.00. The number of hydrogen-bond donors (Lipinski definition) is 1. The zero-order valence-electron chi connectivity index (χ0n) is 7.55. The molecule has 0 radical (unpaired) electrons. The highest BCUT2D eigenvalue weighted by atomic mass is 16.1. The molecular formula is C9H14N2O. The first-order valence-electron chi connectivity index (χ1n) is 4.29.